The Bertz CT molecular complexity index is 918. The Balaban J connectivity index is 2.03. The fraction of sp³-hybridized carbons (Fsp3) is 0.0667. The van der Waals surface area contributed by atoms with E-state index in [9.17, 15) is 14.9 Å². The second-order valence-corrected chi connectivity index (χ2v) is 5.14. The highest BCUT2D eigenvalue weighted by Gasteiger charge is 2.16. The number of ether oxygens (including phenoxy) is 1. The van der Waals surface area contributed by atoms with Crippen LogP contribution in [0.25, 0.3) is 22.4 Å². The van der Waals surface area contributed by atoms with Crippen LogP contribution in [0.4, 0.5) is 5.69 Å². The molecule has 0 spiro atoms. The van der Waals surface area contributed by atoms with Crippen molar-refractivity contribution < 1.29 is 14.5 Å². The third kappa shape index (κ3) is 2.74. The third-order valence-electron chi connectivity index (χ3n) is 3.33. The molecule has 7 nitrogen and oxygen atoms in total. The summed E-state index contributed by atoms with van der Waals surface area (Å²) in [5.74, 6) is 0.0940. The molecule has 0 fully saturated rings. The average molecular weight is 332 g/mol. The number of nitro benzene ring substituents is 1. The largest absolute Gasteiger partial charge is 0.465 e. The summed E-state index contributed by atoms with van der Waals surface area (Å²) >= 11 is 5.88. The summed E-state index contributed by atoms with van der Waals surface area (Å²) in [7, 11) is 1.31. The molecule has 0 radical (unpaired) electrons. The van der Waals surface area contributed by atoms with E-state index in [0.717, 1.165) is 5.56 Å². The fourth-order valence-corrected chi connectivity index (χ4v) is 2.41. The number of hydrogen-bond acceptors (Lipinski definition) is 5. The van der Waals surface area contributed by atoms with Crippen LogP contribution >= 0.6 is 11.6 Å². The number of H-pyrrole nitrogens is 1. The Kier molecular flexibility index (Phi) is 3.71. The van der Waals surface area contributed by atoms with Crippen LogP contribution in [0.5, 0.6) is 0 Å². The molecular formula is C15H10ClN3O4. The van der Waals surface area contributed by atoms with Gasteiger partial charge in [0.15, 0.2) is 0 Å². The number of nitro groups is 1. The highest BCUT2D eigenvalue weighted by molar-refractivity contribution is 6.33. The number of rotatable bonds is 3. The normalized spacial score (nSPS) is 10.7. The first-order valence-corrected chi connectivity index (χ1v) is 6.90. The number of aromatic nitrogens is 2. The number of fused-ring (bicyclic) bond motifs is 1. The third-order valence-corrected chi connectivity index (χ3v) is 3.63. The summed E-state index contributed by atoms with van der Waals surface area (Å²) < 4.78 is 4.64. The maximum Gasteiger partial charge on any atom is 0.337 e. The molecule has 0 amide bonds. The van der Waals surface area contributed by atoms with Crippen molar-refractivity contribution in [2.45, 2.75) is 0 Å². The summed E-state index contributed by atoms with van der Waals surface area (Å²) in [4.78, 5) is 29.2. The van der Waals surface area contributed by atoms with Crippen LogP contribution in [0.2, 0.25) is 5.02 Å². The van der Waals surface area contributed by atoms with Gasteiger partial charge in [0.1, 0.15) is 10.8 Å². The standard InChI is InChI=1S/C15H10ClN3O4/c1-23-15(20)9-4-2-8(3-5-9)14-17-11-6-10(16)13(19(21)22)7-12(11)18-14/h2-7H,1H3,(H,17,18). The van der Waals surface area contributed by atoms with E-state index < -0.39 is 10.9 Å². The molecule has 3 aromatic rings. The number of methoxy groups -OCH3 is 1. The summed E-state index contributed by atoms with van der Waals surface area (Å²) in [6, 6.07) is 9.43. The number of aromatic amines is 1. The molecule has 2 aromatic carbocycles. The van der Waals surface area contributed by atoms with E-state index in [1.807, 2.05) is 0 Å². The molecule has 0 atom stereocenters. The molecule has 3 rings (SSSR count). The van der Waals surface area contributed by atoms with Gasteiger partial charge in [-0.05, 0) is 18.2 Å². The number of nitrogens with one attached hydrogen (secondary N) is 1. The van der Waals surface area contributed by atoms with E-state index in [1.54, 1.807) is 24.3 Å². The van der Waals surface area contributed by atoms with Crippen LogP contribution < -0.4 is 0 Å². The molecular weight excluding hydrogens is 322 g/mol. The van der Waals surface area contributed by atoms with Crippen molar-refractivity contribution in [3.05, 3.63) is 57.1 Å². The molecule has 0 unspecified atom stereocenters. The minimum absolute atomic E-state index is 0.0292. The van der Waals surface area contributed by atoms with Crippen LogP contribution in [0.3, 0.4) is 0 Å². The summed E-state index contributed by atoms with van der Waals surface area (Å²) in [6.45, 7) is 0. The molecule has 0 saturated carbocycles. The predicted molar refractivity (Wildman–Crippen MR) is 84.5 cm³/mol. The first-order chi connectivity index (χ1) is 11.0. The number of esters is 1. The Labute approximate surface area is 135 Å². The Morgan fingerprint density at radius 2 is 2.00 bits per heavy atom. The van der Waals surface area contributed by atoms with Crippen LogP contribution in [0.15, 0.2) is 36.4 Å². The lowest BCUT2D eigenvalue weighted by molar-refractivity contribution is -0.384. The number of carbonyl (C=O) groups is 1. The number of imidazole rings is 1. The van der Waals surface area contributed by atoms with Crippen molar-refractivity contribution in [2.24, 2.45) is 0 Å². The fourth-order valence-electron chi connectivity index (χ4n) is 2.18. The number of hydrogen-bond donors (Lipinski definition) is 1. The second-order valence-electron chi connectivity index (χ2n) is 4.73. The van der Waals surface area contributed by atoms with E-state index in [4.69, 9.17) is 11.6 Å². The molecule has 1 aromatic heterocycles. The lowest BCUT2D eigenvalue weighted by Gasteiger charge is -2.00. The molecule has 0 saturated heterocycles. The SMILES string of the molecule is COC(=O)c1ccc(-c2nc3cc(Cl)c([N+](=O)[O-])cc3[nH]2)cc1. The minimum Gasteiger partial charge on any atom is -0.465 e. The number of carbonyl (C=O) groups excluding carboxylic acids is 1. The highest BCUT2D eigenvalue weighted by Crippen LogP contribution is 2.30. The van der Waals surface area contributed by atoms with E-state index in [1.165, 1.54) is 19.2 Å². The Hall–Kier alpha value is -2.93. The molecule has 1 heterocycles. The highest BCUT2D eigenvalue weighted by atomic mass is 35.5. The van der Waals surface area contributed by atoms with Gasteiger partial charge in [0.2, 0.25) is 0 Å². The summed E-state index contributed by atoms with van der Waals surface area (Å²) in [6.07, 6.45) is 0. The first kappa shape index (κ1) is 15.0. The molecule has 0 bridgehead atoms. The molecule has 116 valence electrons. The van der Waals surface area contributed by atoms with E-state index in [-0.39, 0.29) is 10.7 Å². The lowest BCUT2D eigenvalue weighted by atomic mass is 10.1. The van der Waals surface area contributed by atoms with E-state index in [0.29, 0.717) is 22.4 Å². The Morgan fingerprint density at radius 3 is 2.61 bits per heavy atom. The van der Waals surface area contributed by atoms with Crippen molar-refractivity contribution in [1.82, 2.24) is 9.97 Å². The maximum absolute atomic E-state index is 11.4. The number of halogens is 1. The van der Waals surface area contributed by atoms with Gasteiger partial charge < -0.3 is 9.72 Å². The van der Waals surface area contributed by atoms with Crippen LogP contribution in [0, 0.1) is 10.1 Å². The van der Waals surface area contributed by atoms with Crippen molar-refractivity contribution in [3.63, 3.8) is 0 Å². The van der Waals surface area contributed by atoms with Crippen LogP contribution in [-0.2, 0) is 4.74 Å². The second kappa shape index (κ2) is 5.69. The van der Waals surface area contributed by atoms with Crippen molar-refractivity contribution in [2.75, 3.05) is 7.11 Å². The zero-order chi connectivity index (χ0) is 16.6. The monoisotopic (exact) mass is 331 g/mol. The maximum atomic E-state index is 11.4. The van der Waals surface area contributed by atoms with Crippen LogP contribution in [-0.4, -0.2) is 28.0 Å². The smallest absolute Gasteiger partial charge is 0.337 e. The van der Waals surface area contributed by atoms with Gasteiger partial charge in [-0.3, -0.25) is 10.1 Å². The van der Waals surface area contributed by atoms with Gasteiger partial charge in [-0.15, -0.1) is 0 Å². The zero-order valence-electron chi connectivity index (χ0n) is 11.9. The molecule has 23 heavy (non-hydrogen) atoms. The quantitative estimate of drug-likeness (QED) is 0.449. The molecule has 0 aliphatic heterocycles. The Morgan fingerprint density at radius 1 is 1.30 bits per heavy atom. The first-order valence-electron chi connectivity index (χ1n) is 6.52. The minimum atomic E-state index is -0.548. The van der Waals surface area contributed by atoms with Crippen molar-refractivity contribution in [3.8, 4) is 11.4 Å². The molecule has 0 aliphatic rings. The van der Waals surface area contributed by atoms with Gasteiger partial charge >= 0.3 is 5.97 Å². The van der Waals surface area contributed by atoms with Crippen molar-refractivity contribution in [1.29, 1.82) is 0 Å². The van der Waals surface area contributed by atoms with Gasteiger partial charge in [-0.25, -0.2) is 9.78 Å². The summed E-state index contributed by atoms with van der Waals surface area (Å²) in [5.41, 5.74) is 2.00. The average Bonchev–Trinajstić information content (AvgIpc) is 2.96. The predicted octanol–water partition coefficient (Wildman–Crippen LogP) is 3.58. The van der Waals surface area contributed by atoms with Crippen LogP contribution in [0.1, 0.15) is 10.4 Å². The van der Waals surface area contributed by atoms with Gasteiger partial charge in [-0.1, -0.05) is 23.7 Å². The molecule has 0 aliphatic carbocycles. The molecule has 1 N–H and O–H groups in total. The van der Waals surface area contributed by atoms with Gasteiger partial charge in [-0.2, -0.15) is 0 Å². The van der Waals surface area contributed by atoms with Crippen molar-refractivity contribution >= 4 is 34.3 Å². The topological polar surface area (TPSA) is 98.1 Å². The molecule has 8 heteroatoms. The number of nitrogens with zero attached hydrogens (tertiary/aromatic N) is 2. The van der Waals surface area contributed by atoms with Gasteiger partial charge in [0.25, 0.3) is 5.69 Å². The van der Waals surface area contributed by atoms with Gasteiger partial charge in [0, 0.05) is 11.6 Å². The zero-order valence-corrected chi connectivity index (χ0v) is 12.6. The number of benzene rings is 2. The lowest BCUT2D eigenvalue weighted by Crippen LogP contribution is -2.00. The van der Waals surface area contributed by atoms with E-state index >= 15 is 0 Å². The van der Waals surface area contributed by atoms with Gasteiger partial charge in [0.05, 0.1) is 28.6 Å². The van der Waals surface area contributed by atoms with E-state index in [2.05, 4.69) is 14.7 Å². The summed E-state index contributed by atoms with van der Waals surface area (Å²) in [5, 5.41) is 10.9.